The van der Waals surface area contributed by atoms with E-state index in [1.54, 1.807) is 13.8 Å². The average molecular weight is 408 g/mol. The van der Waals surface area contributed by atoms with E-state index in [9.17, 15) is 9.59 Å². The van der Waals surface area contributed by atoms with Gasteiger partial charge in [0.2, 0.25) is 4.32 Å². The molecule has 0 saturated carbocycles. The molecule has 0 bridgehead atoms. The zero-order chi connectivity index (χ0) is 15.2. The van der Waals surface area contributed by atoms with Gasteiger partial charge in [-0.25, -0.2) is 9.59 Å². The van der Waals surface area contributed by atoms with Gasteiger partial charge in [-0.15, -0.1) is 0 Å². The van der Waals surface area contributed by atoms with Gasteiger partial charge in [-0.3, -0.25) is 0 Å². The highest BCUT2D eigenvalue weighted by Gasteiger charge is 2.46. The molecule has 0 saturated heterocycles. The van der Waals surface area contributed by atoms with Gasteiger partial charge in [0, 0.05) is 10.9 Å². The summed E-state index contributed by atoms with van der Waals surface area (Å²) >= 11 is 6.55. The van der Waals surface area contributed by atoms with Gasteiger partial charge in [0.15, 0.2) is 0 Å². The van der Waals surface area contributed by atoms with Crippen molar-refractivity contribution < 1.29 is 19.1 Å². The fraction of sp³-hybridized carbons (Fsp3) is 0.429. The van der Waals surface area contributed by atoms with Crippen molar-refractivity contribution in [1.82, 2.24) is 0 Å². The first kappa shape index (κ1) is 17.2. The maximum Gasteiger partial charge on any atom is 0.334 e. The maximum absolute atomic E-state index is 12.1. The van der Waals surface area contributed by atoms with Gasteiger partial charge in [0.05, 0.1) is 13.2 Å². The van der Waals surface area contributed by atoms with E-state index >= 15 is 0 Å². The highest BCUT2D eigenvalue weighted by molar-refractivity contribution is 9.10. The summed E-state index contributed by atoms with van der Waals surface area (Å²) in [4.78, 5) is 24.1. The molecule has 0 amide bonds. The average Bonchev–Trinajstić information content (AvgIpc) is 2.41. The van der Waals surface area contributed by atoms with Crippen LogP contribution in [-0.4, -0.2) is 29.5 Å². The summed E-state index contributed by atoms with van der Waals surface area (Å²) in [7, 11) is 0. The van der Waals surface area contributed by atoms with Gasteiger partial charge in [-0.05, 0) is 31.5 Å². The van der Waals surface area contributed by atoms with Crippen LogP contribution in [0.5, 0.6) is 0 Å². The summed E-state index contributed by atoms with van der Waals surface area (Å²) in [6.45, 7) is 3.78. The summed E-state index contributed by atoms with van der Waals surface area (Å²) in [5.41, 5.74) is 0.825. The van der Waals surface area contributed by atoms with Crippen molar-refractivity contribution in [3.05, 3.63) is 34.3 Å². The zero-order valence-electron chi connectivity index (χ0n) is 11.3. The van der Waals surface area contributed by atoms with Crippen molar-refractivity contribution in [2.75, 3.05) is 13.2 Å². The lowest BCUT2D eigenvalue weighted by Crippen LogP contribution is -2.45. The van der Waals surface area contributed by atoms with Crippen LogP contribution >= 0.6 is 31.9 Å². The molecule has 0 N–H and O–H groups in total. The smallest absolute Gasteiger partial charge is 0.334 e. The van der Waals surface area contributed by atoms with E-state index in [2.05, 4.69) is 31.9 Å². The summed E-state index contributed by atoms with van der Waals surface area (Å²) < 4.78 is 9.37. The van der Waals surface area contributed by atoms with Gasteiger partial charge in [-0.1, -0.05) is 44.0 Å². The fourth-order valence-electron chi connectivity index (χ4n) is 1.60. The quantitative estimate of drug-likeness (QED) is 0.412. The Hall–Kier alpha value is -0.880. The lowest BCUT2D eigenvalue weighted by Gasteiger charge is -2.23. The third kappa shape index (κ3) is 4.31. The molecular weight excluding hydrogens is 392 g/mol. The van der Waals surface area contributed by atoms with Crippen molar-refractivity contribution in [2.24, 2.45) is 0 Å². The minimum atomic E-state index is -1.51. The molecule has 0 spiro atoms. The minimum Gasteiger partial charge on any atom is -0.464 e. The molecule has 20 heavy (non-hydrogen) atoms. The molecule has 0 atom stereocenters. The second kappa shape index (κ2) is 7.78. The van der Waals surface area contributed by atoms with E-state index in [-0.39, 0.29) is 19.6 Å². The van der Waals surface area contributed by atoms with Crippen molar-refractivity contribution >= 4 is 43.8 Å². The van der Waals surface area contributed by atoms with Gasteiger partial charge in [-0.2, -0.15) is 0 Å². The first-order valence-corrected chi connectivity index (χ1v) is 7.80. The minimum absolute atomic E-state index is 0.165. The lowest BCUT2D eigenvalue weighted by molar-refractivity contribution is -0.158. The molecule has 0 radical (unpaired) electrons. The number of hydrogen-bond donors (Lipinski definition) is 0. The van der Waals surface area contributed by atoms with Crippen LogP contribution < -0.4 is 0 Å². The molecule has 0 aliphatic rings. The van der Waals surface area contributed by atoms with Crippen LogP contribution in [0, 0.1) is 0 Å². The molecule has 6 heteroatoms. The van der Waals surface area contributed by atoms with Crippen LogP contribution in [0.25, 0.3) is 0 Å². The number of carbonyl (C=O) groups excluding carboxylic acids is 2. The Morgan fingerprint density at radius 2 is 1.50 bits per heavy atom. The first-order chi connectivity index (χ1) is 9.43. The van der Waals surface area contributed by atoms with Crippen LogP contribution in [-0.2, 0) is 25.5 Å². The number of hydrogen-bond acceptors (Lipinski definition) is 4. The summed E-state index contributed by atoms with van der Waals surface area (Å²) in [5, 5.41) is 0. The van der Waals surface area contributed by atoms with Crippen molar-refractivity contribution in [2.45, 2.75) is 24.6 Å². The number of alkyl halides is 1. The normalized spacial score (nSPS) is 11.0. The molecule has 4 nitrogen and oxygen atoms in total. The lowest BCUT2D eigenvalue weighted by atomic mass is 9.99. The van der Waals surface area contributed by atoms with Gasteiger partial charge >= 0.3 is 11.9 Å². The highest BCUT2D eigenvalue weighted by Crippen LogP contribution is 2.28. The molecule has 0 aliphatic heterocycles. The van der Waals surface area contributed by atoms with E-state index in [1.807, 2.05) is 24.3 Å². The van der Waals surface area contributed by atoms with Gasteiger partial charge in [0.1, 0.15) is 0 Å². The predicted octanol–water partition coefficient (Wildman–Crippen LogP) is 3.25. The van der Waals surface area contributed by atoms with Crippen LogP contribution in [0.3, 0.4) is 0 Å². The van der Waals surface area contributed by atoms with E-state index in [0.717, 1.165) is 10.0 Å². The molecule has 0 aliphatic carbocycles. The van der Waals surface area contributed by atoms with E-state index < -0.39 is 16.3 Å². The molecule has 0 aromatic heterocycles. The molecule has 1 aromatic carbocycles. The van der Waals surface area contributed by atoms with Crippen LogP contribution in [0.1, 0.15) is 19.4 Å². The summed E-state index contributed by atoms with van der Waals surface area (Å²) in [5.74, 6) is -1.28. The Morgan fingerprint density at radius 1 is 1.05 bits per heavy atom. The fourth-order valence-corrected chi connectivity index (χ4v) is 2.42. The third-order valence-corrected chi connectivity index (χ3v) is 4.02. The zero-order valence-corrected chi connectivity index (χ0v) is 14.5. The van der Waals surface area contributed by atoms with E-state index in [1.165, 1.54) is 0 Å². The third-order valence-electron chi connectivity index (χ3n) is 2.56. The molecule has 0 unspecified atom stereocenters. The highest BCUT2D eigenvalue weighted by atomic mass is 79.9. The number of ether oxygens (including phenoxy) is 2. The van der Waals surface area contributed by atoms with Crippen LogP contribution in [0.2, 0.25) is 0 Å². The van der Waals surface area contributed by atoms with Gasteiger partial charge < -0.3 is 9.47 Å². The Kier molecular flexibility index (Phi) is 6.68. The second-order valence-electron chi connectivity index (χ2n) is 4.05. The Balaban J connectivity index is 3.00. The Labute approximate surface area is 135 Å². The van der Waals surface area contributed by atoms with Crippen molar-refractivity contribution in [3.8, 4) is 0 Å². The molecule has 0 fully saturated rings. The molecule has 0 heterocycles. The molecule has 110 valence electrons. The summed E-state index contributed by atoms with van der Waals surface area (Å²) in [6, 6.07) is 7.36. The van der Waals surface area contributed by atoms with Crippen molar-refractivity contribution in [1.29, 1.82) is 0 Å². The Morgan fingerprint density at radius 3 is 1.90 bits per heavy atom. The second-order valence-corrected chi connectivity index (χ2v) is 6.31. The molecule has 1 aromatic rings. The standard InChI is InChI=1S/C14H16Br2O4/c1-3-19-12(17)14(16,13(18)20-4-2)9-10-5-7-11(15)8-6-10/h5-8H,3-4,9H2,1-2H3. The molecule has 1 rings (SSSR count). The van der Waals surface area contributed by atoms with Crippen LogP contribution in [0.4, 0.5) is 0 Å². The van der Waals surface area contributed by atoms with Crippen molar-refractivity contribution in [3.63, 3.8) is 0 Å². The van der Waals surface area contributed by atoms with Gasteiger partial charge in [0.25, 0.3) is 0 Å². The number of carbonyl (C=O) groups is 2. The Bertz CT molecular complexity index is 453. The molecular formula is C14H16Br2O4. The SMILES string of the molecule is CCOC(=O)C(Br)(Cc1ccc(Br)cc1)C(=O)OCC. The number of esters is 2. The topological polar surface area (TPSA) is 52.6 Å². The van der Waals surface area contributed by atoms with E-state index in [0.29, 0.717) is 0 Å². The number of rotatable bonds is 6. The number of benzene rings is 1. The first-order valence-electron chi connectivity index (χ1n) is 6.21. The monoisotopic (exact) mass is 406 g/mol. The largest absolute Gasteiger partial charge is 0.464 e. The summed E-state index contributed by atoms with van der Waals surface area (Å²) in [6.07, 6.45) is 0.165. The van der Waals surface area contributed by atoms with Crippen LogP contribution in [0.15, 0.2) is 28.7 Å². The predicted molar refractivity (Wildman–Crippen MR) is 82.8 cm³/mol. The number of halogens is 2. The maximum atomic E-state index is 12.1. The van der Waals surface area contributed by atoms with E-state index in [4.69, 9.17) is 9.47 Å².